The van der Waals surface area contributed by atoms with Crippen molar-refractivity contribution in [1.29, 1.82) is 0 Å². The Morgan fingerprint density at radius 2 is 0.929 bits per heavy atom. The quantitative estimate of drug-likeness (QED) is 0.588. The van der Waals surface area contributed by atoms with Gasteiger partial charge in [-0.2, -0.15) is 0 Å². The topological polar surface area (TPSA) is 0 Å². The summed E-state index contributed by atoms with van der Waals surface area (Å²) in [7, 11) is 0. The Labute approximate surface area is 86.7 Å². The largest absolute Gasteiger partial charge is 0.0560 e. The van der Waals surface area contributed by atoms with E-state index in [0.29, 0.717) is 10.8 Å². The van der Waals surface area contributed by atoms with Crippen LogP contribution in [0.3, 0.4) is 0 Å². The zero-order valence-corrected chi connectivity index (χ0v) is 10.2. The second kappa shape index (κ2) is 2.42. The highest BCUT2D eigenvalue weighted by molar-refractivity contribution is 5.50. The van der Waals surface area contributed by atoms with Crippen LogP contribution in [0.2, 0.25) is 0 Å². The van der Waals surface area contributed by atoms with Crippen molar-refractivity contribution in [3.8, 4) is 0 Å². The van der Waals surface area contributed by atoms with E-state index >= 15 is 0 Å². The predicted molar refractivity (Wildman–Crippen MR) is 61.5 cm³/mol. The first-order valence-corrected chi connectivity index (χ1v) is 5.41. The van der Waals surface area contributed by atoms with Crippen molar-refractivity contribution in [2.24, 2.45) is 0 Å². The molecule has 0 heteroatoms. The zero-order valence-electron chi connectivity index (χ0n) is 10.2. The van der Waals surface area contributed by atoms with Crippen molar-refractivity contribution in [1.82, 2.24) is 0 Å². The number of hydrogen-bond donors (Lipinski definition) is 0. The first-order chi connectivity index (χ1) is 6.23. The summed E-state index contributed by atoms with van der Waals surface area (Å²) >= 11 is 0. The van der Waals surface area contributed by atoms with Crippen LogP contribution in [0.5, 0.6) is 0 Å². The van der Waals surface area contributed by atoms with Crippen LogP contribution in [0.1, 0.15) is 52.7 Å². The van der Waals surface area contributed by atoms with E-state index in [1.165, 1.54) is 10.4 Å². The van der Waals surface area contributed by atoms with Gasteiger partial charge in [-0.05, 0) is 32.4 Å². The Morgan fingerprint density at radius 1 is 0.643 bits per heavy atom. The third-order valence-electron chi connectivity index (χ3n) is 3.00. The molecule has 14 heavy (non-hydrogen) atoms. The number of rotatable bonds is 0. The highest BCUT2D eigenvalue weighted by Crippen LogP contribution is 2.41. The van der Waals surface area contributed by atoms with Gasteiger partial charge in [0.1, 0.15) is 0 Å². The minimum atomic E-state index is 0.298. The van der Waals surface area contributed by atoms with Crippen LogP contribution >= 0.6 is 0 Å². The second-order valence-electron chi connectivity index (χ2n) is 6.41. The maximum atomic E-state index is 2.31. The van der Waals surface area contributed by atoms with E-state index in [-0.39, 0.29) is 0 Å². The first kappa shape index (κ1) is 9.76. The van der Waals surface area contributed by atoms with E-state index in [1.54, 1.807) is 11.1 Å². The van der Waals surface area contributed by atoms with Gasteiger partial charge in [0.2, 0.25) is 0 Å². The summed E-state index contributed by atoms with van der Waals surface area (Å²) in [6.07, 6.45) is 0. The molecule has 2 aliphatic rings. The molecule has 0 fully saturated rings. The van der Waals surface area contributed by atoms with Gasteiger partial charge < -0.3 is 0 Å². The Hall–Kier alpha value is -0.780. The molecule has 0 aromatic rings. The molecular formula is C14H20. The highest BCUT2D eigenvalue weighted by atomic mass is 14.4. The Kier molecular flexibility index (Phi) is 1.69. The summed E-state index contributed by atoms with van der Waals surface area (Å²) in [6.45, 7) is 13.9. The van der Waals surface area contributed by atoms with Crippen molar-refractivity contribution in [3.05, 3.63) is 33.7 Å². The van der Waals surface area contributed by atoms with Crippen molar-refractivity contribution in [2.75, 3.05) is 0 Å². The minimum absolute atomic E-state index is 0.298. The summed E-state index contributed by atoms with van der Waals surface area (Å²) in [5.41, 5.74) is 3.77. The summed E-state index contributed by atoms with van der Waals surface area (Å²) in [5.74, 6) is 0. The monoisotopic (exact) mass is 188 g/mol. The second-order valence-corrected chi connectivity index (χ2v) is 6.41. The van der Waals surface area contributed by atoms with Gasteiger partial charge in [0.05, 0.1) is 0 Å². The molecule has 0 heterocycles. The fraction of sp³-hybridized carbons (Fsp3) is 0.571. The van der Waals surface area contributed by atoms with E-state index in [4.69, 9.17) is 0 Å². The molecule has 0 unspecified atom stereocenters. The van der Waals surface area contributed by atoms with Gasteiger partial charge in [0.15, 0.2) is 0 Å². The SMILES string of the molecule is CC(C)(C)c1c(C(C)(C)C)c2ccc1=2. The van der Waals surface area contributed by atoms with Gasteiger partial charge in [0.25, 0.3) is 0 Å². The molecule has 76 valence electrons. The lowest BCUT2D eigenvalue weighted by Crippen LogP contribution is -2.28. The van der Waals surface area contributed by atoms with Crippen LogP contribution in [-0.4, -0.2) is 0 Å². The maximum Gasteiger partial charge on any atom is -0.0123 e. The van der Waals surface area contributed by atoms with Gasteiger partial charge in [0, 0.05) is 0 Å². The number of benzene rings is 1. The third-order valence-corrected chi connectivity index (χ3v) is 3.00. The third kappa shape index (κ3) is 1.13. The first-order valence-electron chi connectivity index (χ1n) is 5.41. The predicted octanol–water partition coefficient (Wildman–Crippen LogP) is 3.88. The number of hydrogen-bond acceptors (Lipinski definition) is 0. The highest BCUT2D eigenvalue weighted by Gasteiger charge is 2.31. The van der Waals surface area contributed by atoms with E-state index in [1.807, 2.05) is 0 Å². The molecule has 0 aliphatic heterocycles. The van der Waals surface area contributed by atoms with Gasteiger partial charge in [-0.3, -0.25) is 0 Å². The fourth-order valence-corrected chi connectivity index (χ4v) is 2.45. The average molecular weight is 188 g/mol. The van der Waals surface area contributed by atoms with E-state index in [9.17, 15) is 0 Å². The lowest BCUT2D eigenvalue weighted by molar-refractivity contribution is 0.512. The Balaban J connectivity index is 2.63. The van der Waals surface area contributed by atoms with Crippen molar-refractivity contribution < 1.29 is 0 Å². The molecular weight excluding hydrogens is 168 g/mol. The molecule has 0 amide bonds. The molecule has 0 saturated heterocycles. The van der Waals surface area contributed by atoms with Gasteiger partial charge in [-0.15, -0.1) is 0 Å². The Morgan fingerprint density at radius 3 is 1.07 bits per heavy atom. The fourth-order valence-electron chi connectivity index (χ4n) is 2.45. The summed E-state index contributed by atoms with van der Waals surface area (Å²) in [4.78, 5) is 0. The average Bonchev–Trinajstić information content (AvgIpc) is 1.88. The zero-order chi connectivity index (χ0) is 10.7. The molecule has 0 aromatic heterocycles. The van der Waals surface area contributed by atoms with Gasteiger partial charge in [-0.1, -0.05) is 53.7 Å². The lowest BCUT2D eigenvalue weighted by Gasteiger charge is -2.36. The standard InChI is InChI=1S/C14H20/c1-13(2,3)11-9-7-8-10(9)12(11)14(4,5)6/h7-8H,1-6H3. The maximum absolute atomic E-state index is 2.31. The van der Waals surface area contributed by atoms with Crippen molar-refractivity contribution in [2.45, 2.75) is 52.4 Å². The van der Waals surface area contributed by atoms with E-state index in [0.717, 1.165) is 0 Å². The van der Waals surface area contributed by atoms with Crippen LogP contribution in [-0.2, 0) is 10.8 Å². The smallest absolute Gasteiger partial charge is 0.0123 e. The van der Waals surface area contributed by atoms with E-state index in [2.05, 4.69) is 53.7 Å². The van der Waals surface area contributed by atoms with Crippen LogP contribution in [0.25, 0.3) is 0 Å². The molecule has 0 radical (unpaired) electrons. The van der Waals surface area contributed by atoms with Crippen molar-refractivity contribution >= 4 is 0 Å². The summed E-state index contributed by atoms with van der Waals surface area (Å²) in [5, 5.41) is 3.03. The van der Waals surface area contributed by atoms with Crippen LogP contribution in [0.15, 0.2) is 12.1 Å². The molecule has 0 saturated carbocycles. The van der Waals surface area contributed by atoms with Crippen LogP contribution < -0.4 is 0 Å². The van der Waals surface area contributed by atoms with Gasteiger partial charge >= 0.3 is 0 Å². The Bertz CT molecular complexity index is 419. The molecule has 0 bridgehead atoms. The molecule has 0 aromatic carbocycles. The lowest BCUT2D eigenvalue weighted by atomic mass is 9.68. The van der Waals surface area contributed by atoms with Crippen LogP contribution in [0.4, 0.5) is 0 Å². The molecule has 0 spiro atoms. The normalized spacial score (nSPS) is 14.4. The minimum Gasteiger partial charge on any atom is -0.0560 e. The molecule has 0 nitrogen and oxygen atoms in total. The molecule has 2 rings (SSSR count). The summed E-state index contributed by atoms with van der Waals surface area (Å²) in [6, 6.07) is 4.51. The van der Waals surface area contributed by atoms with E-state index < -0.39 is 0 Å². The molecule has 0 N–H and O–H groups in total. The summed E-state index contributed by atoms with van der Waals surface area (Å²) < 4.78 is 0. The molecule has 0 atom stereocenters. The molecule has 2 aliphatic carbocycles. The van der Waals surface area contributed by atoms with Gasteiger partial charge in [-0.25, -0.2) is 0 Å². The van der Waals surface area contributed by atoms with Crippen molar-refractivity contribution in [3.63, 3.8) is 0 Å². The van der Waals surface area contributed by atoms with Crippen LogP contribution in [0, 0.1) is 10.4 Å².